The molecule has 0 radical (unpaired) electrons. The molecule has 5 heteroatoms. The van der Waals surface area contributed by atoms with Crippen LogP contribution in [0.3, 0.4) is 0 Å². The number of amides is 1. The summed E-state index contributed by atoms with van der Waals surface area (Å²) in [6.45, 7) is 1.03. The number of aromatic nitrogens is 1. The fourth-order valence-corrected chi connectivity index (χ4v) is 2.68. The van der Waals surface area contributed by atoms with Gasteiger partial charge >= 0.3 is 0 Å². The molecular formula is C13H21N3O2. The molecule has 5 nitrogen and oxygen atoms in total. The summed E-state index contributed by atoms with van der Waals surface area (Å²) in [5.41, 5.74) is 6.63. The summed E-state index contributed by atoms with van der Waals surface area (Å²) in [6, 6.07) is 1.75. The number of nitrogens with two attached hydrogens (primary N) is 1. The summed E-state index contributed by atoms with van der Waals surface area (Å²) < 4.78 is 4.72. The third-order valence-electron chi connectivity index (χ3n) is 3.84. The van der Waals surface area contributed by atoms with E-state index in [1.54, 1.807) is 6.07 Å². The van der Waals surface area contributed by atoms with E-state index >= 15 is 0 Å². The van der Waals surface area contributed by atoms with Gasteiger partial charge in [-0.05, 0) is 24.8 Å². The van der Waals surface area contributed by atoms with Crippen LogP contribution in [0.2, 0.25) is 0 Å². The van der Waals surface area contributed by atoms with Crippen molar-refractivity contribution in [1.82, 2.24) is 10.5 Å². The standard InChI is InChI=1S/C13H21N3O2/c14-10-13(5-2-1-3-6-13)8-12(17)15-9-11-4-7-18-16-11/h4,7H,1-3,5-6,8-10,14H2,(H,15,17). The zero-order chi connectivity index (χ0) is 12.8. The quantitative estimate of drug-likeness (QED) is 0.832. The molecule has 1 amide bonds. The van der Waals surface area contributed by atoms with Crippen molar-refractivity contribution in [3.8, 4) is 0 Å². The molecule has 1 aromatic rings. The molecule has 0 spiro atoms. The number of hydrogen-bond donors (Lipinski definition) is 2. The predicted octanol–water partition coefficient (Wildman–Crippen LogP) is 1.59. The van der Waals surface area contributed by atoms with Crippen LogP contribution in [0.15, 0.2) is 16.9 Å². The first-order valence-corrected chi connectivity index (χ1v) is 6.60. The highest BCUT2D eigenvalue weighted by molar-refractivity contribution is 5.76. The summed E-state index contributed by atoms with van der Waals surface area (Å²) in [5, 5.41) is 6.63. The van der Waals surface area contributed by atoms with Crippen molar-refractivity contribution in [2.45, 2.75) is 45.1 Å². The SMILES string of the molecule is NCC1(CC(=O)NCc2ccon2)CCCCC1. The van der Waals surface area contributed by atoms with Crippen molar-refractivity contribution < 1.29 is 9.32 Å². The van der Waals surface area contributed by atoms with E-state index in [1.165, 1.54) is 25.5 Å². The maximum absolute atomic E-state index is 11.9. The maximum atomic E-state index is 11.9. The fraction of sp³-hybridized carbons (Fsp3) is 0.692. The Hall–Kier alpha value is -1.36. The average molecular weight is 251 g/mol. The number of nitrogens with one attached hydrogen (secondary N) is 1. The minimum Gasteiger partial charge on any atom is -0.364 e. The highest BCUT2D eigenvalue weighted by Gasteiger charge is 2.32. The van der Waals surface area contributed by atoms with Gasteiger partial charge in [-0.3, -0.25) is 4.79 Å². The second-order valence-corrected chi connectivity index (χ2v) is 5.21. The van der Waals surface area contributed by atoms with Gasteiger partial charge in [-0.2, -0.15) is 0 Å². The van der Waals surface area contributed by atoms with Crippen LogP contribution in [-0.4, -0.2) is 17.6 Å². The van der Waals surface area contributed by atoms with E-state index in [1.807, 2.05) is 0 Å². The average Bonchev–Trinajstić information content (AvgIpc) is 2.91. The van der Waals surface area contributed by atoms with Gasteiger partial charge in [0.05, 0.1) is 6.54 Å². The molecule has 0 atom stereocenters. The lowest BCUT2D eigenvalue weighted by molar-refractivity contribution is -0.124. The zero-order valence-electron chi connectivity index (χ0n) is 10.7. The van der Waals surface area contributed by atoms with E-state index in [0.717, 1.165) is 18.5 Å². The lowest BCUT2D eigenvalue weighted by Gasteiger charge is -2.35. The number of rotatable bonds is 5. The second-order valence-electron chi connectivity index (χ2n) is 5.21. The van der Waals surface area contributed by atoms with Gasteiger partial charge in [0.1, 0.15) is 12.0 Å². The third kappa shape index (κ3) is 3.32. The second kappa shape index (κ2) is 6.00. The Morgan fingerprint density at radius 1 is 1.44 bits per heavy atom. The van der Waals surface area contributed by atoms with Crippen molar-refractivity contribution in [2.75, 3.05) is 6.54 Å². The molecule has 0 unspecified atom stereocenters. The van der Waals surface area contributed by atoms with Gasteiger partial charge in [0.2, 0.25) is 5.91 Å². The molecule has 1 heterocycles. The number of nitrogens with zero attached hydrogens (tertiary/aromatic N) is 1. The highest BCUT2D eigenvalue weighted by Crippen LogP contribution is 2.38. The van der Waals surface area contributed by atoms with Crippen molar-refractivity contribution >= 4 is 5.91 Å². The van der Waals surface area contributed by atoms with E-state index in [4.69, 9.17) is 10.3 Å². The highest BCUT2D eigenvalue weighted by atomic mass is 16.5. The molecule has 0 aromatic carbocycles. The third-order valence-corrected chi connectivity index (χ3v) is 3.84. The van der Waals surface area contributed by atoms with Crippen LogP contribution < -0.4 is 11.1 Å². The molecule has 3 N–H and O–H groups in total. The van der Waals surface area contributed by atoms with Gasteiger partial charge in [-0.15, -0.1) is 0 Å². The maximum Gasteiger partial charge on any atom is 0.220 e. The fourth-order valence-electron chi connectivity index (χ4n) is 2.68. The first kappa shape index (κ1) is 13.1. The number of carbonyl (C=O) groups excluding carboxylic acids is 1. The van der Waals surface area contributed by atoms with Gasteiger partial charge in [-0.25, -0.2) is 0 Å². The van der Waals surface area contributed by atoms with Crippen LogP contribution >= 0.6 is 0 Å². The van der Waals surface area contributed by atoms with Gasteiger partial charge in [-0.1, -0.05) is 24.4 Å². The minimum absolute atomic E-state index is 0.0200. The molecular weight excluding hydrogens is 230 g/mol. The van der Waals surface area contributed by atoms with Crippen LogP contribution in [0.5, 0.6) is 0 Å². The van der Waals surface area contributed by atoms with Gasteiger partial charge in [0.25, 0.3) is 0 Å². The summed E-state index contributed by atoms with van der Waals surface area (Å²) in [5.74, 6) is 0.0605. The molecule has 1 aliphatic rings. The zero-order valence-corrected chi connectivity index (χ0v) is 10.7. The molecule has 2 rings (SSSR count). The van der Waals surface area contributed by atoms with E-state index in [9.17, 15) is 4.79 Å². The van der Waals surface area contributed by atoms with Crippen LogP contribution in [0, 0.1) is 5.41 Å². The summed E-state index contributed by atoms with van der Waals surface area (Å²) >= 11 is 0. The molecule has 100 valence electrons. The summed E-state index contributed by atoms with van der Waals surface area (Å²) in [6.07, 6.45) is 7.82. The Morgan fingerprint density at radius 2 is 2.22 bits per heavy atom. The van der Waals surface area contributed by atoms with E-state index in [0.29, 0.717) is 19.5 Å². The molecule has 0 bridgehead atoms. The Labute approximate surface area is 107 Å². The van der Waals surface area contributed by atoms with Gasteiger partial charge in [0, 0.05) is 12.5 Å². The number of hydrogen-bond acceptors (Lipinski definition) is 4. The Balaban J connectivity index is 1.81. The normalized spacial score (nSPS) is 18.5. The molecule has 0 saturated heterocycles. The minimum atomic E-state index is 0.0200. The van der Waals surface area contributed by atoms with Crippen LogP contribution in [0.25, 0.3) is 0 Å². The molecule has 1 aliphatic carbocycles. The molecule has 18 heavy (non-hydrogen) atoms. The topological polar surface area (TPSA) is 81.2 Å². The summed E-state index contributed by atoms with van der Waals surface area (Å²) in [4.78, 5) is 11.9. The first-order valence-electron chi connectivity index (χ1n) is 6.60. The van der Waals surface area contributed by atoms with Crippen molar-refractivity contribution in [2.24, 2.45) is 11.1 Å². The largest absolute Gasteiger partial charge is 0.364 e. The Bertz CT molecular complexity index is 370. The molecule has 0 aliphatic heterocycles. The van der Waals surface area contributed by atoms with Gasteiger partial charge in [0.15, 0.2) is 0 Å². The van der Waals surface area contributed by atoms with E-state index < -0.39 is 0 Å². The van der Waals surface area contributed by atoms with Crippen LogP contribution in [-0.2, 0) is 11.3 Å². The molecule has 1 fully saturated rings. The van der Waals surface area contributed by atoms with E-state index in [2.05, 4.69) is 10.5 Å². The van der Waals surface area contributed by atoms with E-state index in [-0.39, 0.29) is 11.3 Å². The number of carbonyl (C=O) groups is 1. The predicted molar refractivity (Wildman–Crippen MR) is 67.5 cm³/mol. The van der Waals surface area contributed by atoms with Crippen molar-refractivity contribution in [3.05, 3.63) is 18.0 Å². The Kier molecular flexibility index (Phi) is 4.36. The smallest absolute Gasteiger partial charge is 0.220 e. The lowest BCUT2D eigenvalue weighted by Crippen LogP contribution is -2.38. The van der Waals surface area contributed by atoms with Crippen LogP contribution in [0.4, 0.5) is 0 Å². The summed E-state index contributed by atoms with van der Waals surface area (Å²) in [7, 11) is 0. The lowest BCUT2D eigenvalue weighted by atomic mass is 9.71. The monoisotopic (exact) mass is 251 g/mol. The van der Waals surface area contributed by atoms with Crippen LogP contribution in [0.1, 0.15) is 44.2 Å². The first-order chi connectivity index (χ1) is 8.74. The molecule has 1 saturated carbocycles. The molecule has 1 aromatic heterocycles. The Morgan fingerprint density at radius 3 is 2.83 bits per heavy atom. The van der Waals surface area contributed by atoms with Crippen molar-refractivity contribution in [3.63, 3.8) is 0 Å². The van der Waals surface area contributed by atoms with Crippen molar-refractivity contribution in [1.29, 1.82) is 0 Å². The van der Waals surface area contributed by atoms with Gasteiger partial charge < -0.3 is 15.6 Å².